The van der Waals surface area contributed by atoms with Crippen LogP contribution in [-0.2, 0) is 0 Å². The smallest absolute Gasteiger partial charge is 0.150 e. The van der Waals surface area contributed by atoms with E-state index < -0.39 is 35.4 Å². The van der Waals surface area contributed by atoms with Gasteiger partial charge in [0.2, 0.25) is 0 Å². The minimum Gasteiger partial charge on any atom is -0.311 e. The predicted molar refractivity (Wildman–Crippen MR) is 86.5 cm³/mol. The summed E-state index contributed by atoms with van der Waals surface area (Å²) in [5.41, 5.74) is -1.47. The van der Waals surface area contributed by atoms with Crippen molar-refractivity contribution >= 4 is 23.3 Å². The van der Waals surface area contributed by atoms with E-state index in [0.717, 1.165) is 29.2 Å². The van der Waals surface area contributed by atoms with E-state index in [1.165, 1.54) is 0 Å². The SMILES string of the molecule is [2H]c1cc([2H])c(N(c2c([2H])cc([2H])cc2[2H])c2c([2H])c([2H])c(C=O)c([2H])c2[2H])c([2H])c1. The molecule has 0 aliphatic carbocycles. The maximum absolute atomic E-state index is 11.3. The molecule has 0 saturated heterocycles. The van der Waals surface area contributed by atoms with E-state index in [1.54, 1.807) is 0 Å². The van der Waals surface area contributed by atoms with Gasteiger partial charge in [-0.05, 0) is 48.3 Å². The maximum Gasteiger partial charge on any atom is 0.150 e. The highest BCUT2D eigenvalue weighted by molar-refractivity contribution is 5.80. The maximum atomic E-state index is 11.3. The van der Waals surface area contributed by atoms with Gasteiger partial charge in [-0.25, -0.2) is 0 Å². The largest absolute Gasteiger partial charge is 0.311 e. The average Bonchev–Trinajstić information content (AvgIpc) is 2.65. The van der Waals surface area contributed by atoms with Gasteiger partial charge < -0.3 is 4.90 Å². The molecule has 0 atom stereocenters. The molecule has 21 heavy (non-hydrogen) atoms. The van der Waals surface area contributed by atoms with E-state index in [1.807, 2.05) is 0 Å². The third-order valence-electron chi connectivity index (χ3n) is 2.59. The number of benzene rings is 3. The number of hydrogen-bond donors (Lipinski definition) is 0. The molecule has 0 aliphatic heterocycles. The number of para-hydroxylation sites is 2. The van der Waals surface area contributed by atoms with Crippen molar-refractivity contribution in [3.8, 4) is 0 Å². The lowest BCUT2D eigenvalue weighted by Crippen LogP contribution is -2.09. The van der Waals surface area contributed by atoms with E-state index in [0.29, 0.717) is 0 Å². The topological polar surface area (TPSA) is 20.3 Å². The number of aldehydes is 1. The molecule has 0 N–H and O–H groups in total. The van der Waals surface area contributed by atoms with Gasteiger partial charge in [-0.3, -0.25) is 4.79 Å². The summed E-state index contributed by atoms with van der Waals surface area (Å²) in [5, 5.41) is 0. The molecule has 0 saturated carbocycles. The monoisotopic (exact) mass is 283 g/mol. The zero-order chi connectivity index (χ0) is 23.2. The lowest BCUT2D eigenvalue weighted by molar-refractivity contribution is 0.112. The van der Waals surface area contributed by atoms with Crippen LogP contribution in [0.2, 0.25) is 0 Å². The molecule has 0 bridgehead atoms. The summed E-state index contributed by atoms with van der Waals surface area (Å²) in [6.45, 7) is 0. The predicted octanol–water partition coefficient (Wildman–Crippen LogP) is 4.97. The van der Waals surface area contributed by atoms with Gasteiger partial charge in [0.15, 0.2) is 0 Å². The normalized spacial score (nSPS) is 16.8. The van der Waals surface area contributed by atoms with Crippen LogP contribution in [0.4, 0.5) is 17.1 Å². The van der Waals surface area contributed by atoms with Crippen molar-refractivity contribution in [2.45, 2.75) is 0 Å². The number of nitrogens with zero attached hydrogens (tertiary/aromatic N) is 1. The average molecular weight is 283 g/mol. The second-order valence-corrected chi connectivity index (χ2v) is 3.90. The Kier molecular flexibility index (Phi) is 1.69. The van der Waals surface area contributed by atoms with Gasteiger partial charge in [0.1, 0.15) is 6.29 Å². The number of anilines is 3. The Morgan fingerprint density at radius 3 is 1.57 bits per heavy atom. The molecule has 3 rings (SSSR count). The first kappa shape index (κ1) is 5.86. The molecule has 0 aromatic heterocycles. The number of carbonyl (C=O) groups is 1. The Morgan fingerprint density at radius 2 is 1.14 bits per heavy atom. The molecule has 2 nitrogen and oxygen atoms in total. The first-order valence-electron chi connectivity index (χ1n) is 11.0. The van der Waals surface area contributed by atoms with E-state index in [9.17, 15) is 4.79 Å². The number of carbonyl (C=O) groups excluding carboxylic acids is 1. The quantitative estimate of drug-likeness (QED) is 0.630. The van der Waals surface area contributed by atoms with Crippen LogP contribution >= 0.6 is 0 Å². The summed E-state index contributed by atoms with van der Waals surface area (Å²) in [4.78, 5) is 12.2. The zero-order valence-electron chi connectivity index (χ0n) is 20.7. The van der Waals surface area contributed by atoms with Gasteiger partial charge in [-0.1, -0.05) is 36.4 Å². The molecule has 0 radical (unpaired) electrons. The van der Waals surface area contributed by atoms with Gasteiger partial charge in [0.25, 0.3) is 0 Å². The highest BCUT2D eigenvalue weighted by Crippen LogP contribution is 2.33. The highest BCUT2D eigenvalue weighted by atomic mass is 16.1. The van der Waals surface area contributed by atoms with Gasteiger partial charge in [0, 0.05) is 22.6 Å². The summed E-state index contributed by atoms with van der Waals surface area (Å²) >= 11 is 0. The van der Waals surface area contributed by atoms with Crippen LogP contribution in [0.3, 0.4) is 0 Å². The molecule has 0 unspecified atom stereocenters. The fourth-order valence-electron chi connectivity index (χ4n) is 1.69. The third-order valence-corrected chi connectivity index (χ3v) is 2.59. The van der Waals surface area contributed by atoms with Crippen molar-refractivity contribution in [1.82, 2.24) is 0 Å². The van der Waals surface area contributed by atoms with Gasteiger partial charge in [-0.15, -0.1) is 0 Å². The fraction of sp³-hybridized carbons (Fsp3) is 0. The number of rotatable bonds is 4. The van der Waals surface area contributed by atoms with Crippen molar-refractivity contribution in [3.63, 3.8) is 0 Å². The first-order valence-corrected chi connectivity index (χ1v) is 6.00. The summed E-state index contributed by atoms with van der Waals surface area (Å²) in [6, 6.07) is -0.00711. The van der Waals surface area contributed by atoms with Gasteiger partial charge in [-0.2, -0.15) is 0 Å². The Labute approximate surface area is 138 Å². The molecule has 0 heterocycles. The summed E-state index contributed by atoms with van der Waals surface area (Å²) in [7, 11) is 0. The minimum atomic E-state index is -0.661. The summed E-state index contributed by atoms with van der Waals surface area (Å²) < 4.78 is 81.4. The molecule has 0 spiro atoms. The summed E-state index contributed by atoms with van der Waals surface area (Å²) in [5.74, 6) is 0. The van der Waals surface area contributed by atoms with Crippen LogP contribution in [-0.4, -0.2) is 6.29 Å². The number of hydrogen-bond acceptors (Lipinski definition) is 2. The van der Waals surface area contributed by atoms with Crippen molar-refractivity contribution in [2.75, 3.05) is 4.90 Å². The van der Waals surface area contributed by atoms with Crippen LogP contribution < -0.4 is 4.90 Å². The molecule has 0 aliphatic rings. The Hall–Kier alpha value is -2.87. The van der Waals surface area contributed by atoms with Crippen LogP contribution in [0.1, 0.15) is 24.1 Å². The molecule has 0 amide bonds. The zero-order valence-corrected chi connectivity index (χ0v) is 10.7. The van der Waals surface area contributed by atoms with E-state index >= 15 is 0 Å². The molecule has 2 heteroatoms. The van der Waals surface area contributed by atoms with Crippen LogP contribution in [0.25, 0.3) is 0 Å². The van der Waals surface area contributed by atoms with Crippen molar-refractivity contribution in [2.24, 2.45) is 0 Å². The Bertz CT molecular complexity index is 1090. The van der Waals surface area contributed by atoms with Crippen molar-refractivity contribution in [1.29, 1.82) is 0 Å². The molecule has 3 aromatic carbocycles. The second-order valence-electron chi connectivity index (χ2n) is 3.90. The second kappa shape index (κ2) is 6.06. The Morgan fingerprint density at radius 1 is 0.714 bits per heavy atom. The highest BCUT2D eigenvalue weighted by Gasteiger charge is 2.11. The molecule has 0 fully saturated rings. The lowest BCUT2D eigenvalue weighted by Gasteiger charge is -2.25. The van der Waals surface area contributed by atoms with E-state index in [-0.39, 0.29) is 53.9 Å². The third kappa shape index (κ3) is 2.84. The van der Waals surface area contributed by atoms with Crippen LogP contribution in [0.15, 0.2) is 84.7 Å². The van der Waals surface area contributed by atoms with Crippen molar-refractivity contribution < 1.29 is 18.5 Å². The van der Waals surface area contributed by atoms with Gasteiger partial charge in [0.05, 0.1) is 13.7 Å². The molecular formula is C19H15NO. The molecule has 102 valence electrons. The fourth-order valence-corrected chi connectivity index (χ4v) is 1.69. The van der Waals surface area contributed by atoms with Crippen molar-refractivity contribution in [3.05, 3.63) is 90.3 Å². The van der Waals surface area contributed by atoms with E-state index in [4.69, 9.17) is 13.7 Å². The van der Waals surface area contributed by atoms with E-state index in [2.05, 4.69) is 0 Å². The first-order chi connectivity index (χ1) is 14.5. The molecular weight excluding hydrogens is 258 g/mol. The van der Waals surface area contributed by atoms with Crippen LogP contribution in [0.5, 0.6) is 0 Å². The van der Waals surface area contributed by atoms with Gasteiger partial charge >= 0.3 is 0 Å². The lowest BCUT2D eigenvalue weighted by atomic mass is 10.1. The Balaban J connectivity index is 2.54. The standard InChI is InChI=1S/C19H15NO/c21-15-16-11-13-19(14-12-16)20(17-7-3-1-4-8-17)18-9-5-2-6-10-18/h1-15H/i1D,2D,7D,8D,9D,10D,11D,12D,13D,14D. The minimum absolute atomic E-state index is 0.145. The van der Waals surface area contributed by atoms with Crippen LogP contribution in [0, 0.1) is 0 Å². The molecule has 3 aromatic rings. The summed E-state index contributed by atoms with van der Waals surface area (Å²) in [6.07, 6.45) is 0.191.